The van der Waals surface area contributed by atoms with Gasteiger partial charge in [0.15, 0.2) is 0 Å². The summed E-state index contributed by atoms with van der Waals surface area (Å²) in [4.78, 5) is 55.4. The quantitative estimate of drug-likeness (QED) is 0.512. The summed E-state index contributed by atoms with van der Waals surface area (Å²) in [6.07, 6.45) is 1.69. The molecule has 8 atom stereocenters. The molecule has 0 radical (unpaired) electrons. The van der Waals surface area contributed by atoms with E-state index in [2.05, 4.69) is 66.2 Å². The topological polar surface area (TPSA) is 111 Å². The Balaban J connectivity index is 1.16. The van der Waals surface area contributed by atoms with Crippen molar-refractivity contribution in [2.24, 2.45) is 0 Å². The van der Waals surface area contributed by atoms with E-state index in [0.717, 1.165) is 28.8 Å². The molecule has 40 heavy (non-hydrogen) atoms. The normalized spacial score (nSPS) is 38.6. The van der Waals surface area contributed by atoms with Crippen LogP contribution < -0.4 is 16.0 Å². The van der Waals surface area contributed by atoms with Gasteiger partial charge in [0.25, 0.3) is 0 Å². The molecule has 5 aliphatic heterocycles. The Bertz CT molecular complexity index is 1460. The lowest BCUT2D eigenvalue weighted by molar-refractivity contribution is -0.148. The van der Waals surface area contributed by atoms with Crippen LogP contribution in [0.2, 0.25) is 0 Å². The van der Waals surface area contributed by atoms with Gasteiger partial charge in [-0.15, -0.1) is 0 Å². The molecule has 4 amide bonds. The van der Waals surface area contributed by atoms with Crippen molar-refractivity contribution in [1.82, 2.24) is 20.4 Å². The average Bonchev–Trinajstić information content (AvgIpc) is 3.57. The maximum Gasteiger partial charge on any atom is 0.247 e. The van der Waals surface area contributed by atoms with Crippen LogP contribution in [0.5, 0.6) is 0 Å². The second-order valence-electron chi connectivity index (χ2n) is 13.1. The molecule has 6 aliphatic rings. The number of carbonyl (C=O) groups excluding carboxylic acids is 4. The highest BCUT2D eigenvalue weighted by Gasteiger charge is 2.61. The first kappa shape index (κ1) is 24.0. The van der Waals surface area contributed by atoms with Crippen molar-refractivity contribution in [2.45, 2.75) is 94.2 Å². The molecule has 0 spiro atoms. The summed E-state index contributed by atoms with van der Waals surface area (Å²) < 4.78 is 0. The van der Waals surface area contributed by atoms with Crippen molar-refractivity contribution in [3.05, 3.63) is 53.1 Å². The van der Waals surface area contributed by atoms with Gasteiger partial charge in [0.2, 0.25) is 23.6 Å². The van der Waals surface area contributed by atoms with Crippen LogP contribution in [-0.2, 0) is 36.4 Å². The summed E-state index contributed by atoms with van der Waals surface area (Å²) in [5.74, 6) is -0.175. The monoisotopic (exact) mass is 539 g/mol. The number of carbonyl (C=O) groups is 4. The van der Waals surface area contributed by atoms with E-state index >= 15 is 0 Å². The van der Waals surface area contributed by atoms with Crippen molar-refractivity contribution in [2.75, 3.05) is 5.32 Å². The highest BCUT2D eigenvalue weighted by atomic mass is 16.2. The van der Waals surface area contributed by atoms with E-state index in [1.165, 1.54) is 11.1 Å². The lowest BCUT2D eigenvalue weighted by Gasteiger charge is -2.37. The number of anilines is 1. The van der Waals surface area contributed by atoms with Crippen molar-refractivity contribution in [3.8, 4) is 11.1 Å². The van der Waals surface area contributed by atoms with Crippen LogP contribution in [0, 0.1) is 0 Å². The number of rotatable bonds is 1. The third kappa shape index (κ3) is 2.78. The minimum Gasteiger partial charge on any atom is -0.364 e. The van der Waals surface area contributed by atoms with Crippen LogP contribution >= 0.6 is 0 Å². The number of benzene rings is 2. The zero-order chi connectivity index (χ0) is 27.9. The predicted molar refractivity (Wildman–Crippen MR) is 147 cm³/mol. The fraction of sp³-hybridized carbons (Fsp3) is 0.484. The number of fused-ring (bicyclic) bond motifs is 10. The number of hydrogen-bond donors (Lipinski definition) is 3. The number of nitrogens with zero attached hydrogens (tertiary/aromatic N) is 2. The van der Waals surface area contributed by atoms with E-state index in [1.54, 1.807) is 18.7 Å². The van der Waals surface area contributed by atoms with Gasteiger partial charge in [-0.2, -0.15) is 0 Å². The van der Waals surface area contributed by atoms with E-state index in [-0.39, 0.29) is 46.7 Å². The maximum atomic E-state index is 13.1. The number of piperazine rings is 2. The van der Waals surface area contributed by atoms with Gasteiger partial charge in [0, 0.05) is 22.6 Å². The van der Waals surface area contributed by atoms with Gasteiger partial charge < -0.3 is 25.8 Å². The van der Waals surface area contributed by atoms with E-state index in [1.807, 2.05) is 4.90 Å². The van der Waals surface area contributed by atoms with E-state index < -0.39 is 24.2 Å². The van der Waals surface area contributed by atoms with Crippen LogP contribution in [0.15, 0.2) is 36.4 Å². The Morgan fingerprint density at radius 2 is 1.30 bits per heavy atom. The molecule has 0 aromatic heterocycles. The van der Waals surface area contributed by atoms with Crippen LogP contribution in [0.25, 0.3) is 11.1 Å². The lowest BCUT2D eigenvalue weighted by Crippen LogP contribution is -2.63. The SMILES string of the molecule is C[C@@H]1NC(=O)[C@@H]2C[C@@]3(C)c4cc(-c5ccc6c(c5)[C@]5(C)C[C@H]7C(=O)N[C@@H](C)C(=O)N7[C@@H]5N6)ccc4C[C@H]3N2C1=O. The molecule has 4 fully saturated rings. The van der Waals surface area contributed by atoms with Crippen LogP contribution in [0.3, 0.4) is 0 Å². The van der Waals surface area contributed by atoms with Gasteiger partial charge >= 0.3 is 0 Å². The van der Waals surface area contributed by atoms with Gasteiger partial charge in [0.05, 0.1) is 0 Å². The largest absolute Gasteiger partial charge is 0.364 e. The molecule has 0 unspecified atom stereocenters. The molecule has 3 N–H and O–H groups in total. The average molecular weight is 540 g/mol. The Labute approximate surface area is 232 Å². The maximum absolute atomic E-state index is 13.1. The zero-order valence-corrected chi connectivity index (χ0v) is 23.1. The number of nitrogens with one attached hydrogen (secondary N) is 3. The Kier molecular flexibility index (Phi) is 4.46. The van der Waals surface area contributed by atoms with E-state index in [9.17, 15) is 19.2 Å². The zero-order valence-electron chi connectivity index (χ0n) is 23.1. The molecule has 2 aromatic carbocycles. The summed E-state index contributed by atoms with van der Waals surface area (Å²) in [6.45, 7) is 7.85. The van der Waals surface area contributed by atoms with Crippen molar-refractivity contribution in [3.63, 3.8) is 0 Å². The molecule has 1 aliphatic carbocycles. The molecular formula is C31H33N5O4. The highest BCUT2D eigenvalue weighted by Crippen LogP contribution is 2.54. The molecule has 9 nitrogen and oxygen atoms in total. The standard InChI is InChI=1S/C31H33N5O4/c1-14-27(39)35-22(25(37)32-14)12-30(3)19-9-16(5-6-18(19)11-24(30)35)17-7-8-21-20(10-17)31(4)13-23-26(38)33-15(2)28(40)36(23)29(31)34-21/h5-10,14-15,22-24,29,34H,11-13H2,1-4H3,(H,32,37)(H,33,38)/t14-,15-,22-,23-,24+,29-,30-,31-/m0/s1. The fourth-order valence-corrected chi connectivity index (χ4v) is 8.72. The first-order chi connectivity index (χ1) is 19.0. The lowest BCUT2D eigenvalue weighted by atomic mass is 9.77. The summed E-state index contributed by atoms with van der Waals surface area (Å²) in [5, 5.41) is 9.24. The first-order valence-corrected chi connectivity index (χ1v) is 14.3. The molecule has 8 rings (SSSR count). The minimum absolute atomic E-state index is 0.00898. The van der Waals surface area contributed by atoms with Crippen molar-refractivity contribution < 1.29 is 19.2 Å². The third-order valence-corrected chi connectivity index (χ3v) is 10.8. The van der Waals surface area contributed by atoms with Crippen LogP contribution in [0.1, 0.15) is 57.2 Å². The van der Waals surface area contributed by atoms with Gasteiger partial charge in [0.1, 0.15) is 30.3 Å². The molecule has 0 saturated carbocycles. The van der Waals surface area contributed by atoms with E-state index in [4.69, 9.17) is 0 Å². The van der Waals surface area contributed by atoms with Crippen LogP contribution in [0.4, 0.5) is 5.69 Å². The van der Waals surface area contributed by atoms with Gasteiger partial charge in [-0.25, -0.2) is 0 Å². The summed E-state index contributed by atoms with van der Waals surface area (Å²) in [7, 11) is 0. The fourth-order valence-electron chi connectivity index (χ4n) is 8.72. The van der Waals surface area contributed by atoms with Crippen molar-refractivity contribution in [1.29, 1.82) is 0 Å². The third-order valence-electron chi connectivity index (χ3n) is 10.8. The van der Waals surface area contributed by atoms with Crippen molar-refractivity contribution >= 4 is 29.3 Å². The molecule has 5 heterocycles. The number of amides is 4. The first-order valence-electron chi connectivity index (χ1n) is 14.3. The molecule has 9 heteroatoms. The predicted octanol–water partition coefficient (Wildman–Crippen LogP) is 1.78. The highest BCUT2D eigenvalue weighted by molar-refractivity contribution is 5.99. The number of hydrogen-bond acceptors (Lipinski definition) is 5. The molecule has 206 valence electrons. The summed E-state index contributed by atoms with van der Waals surface area (Å²) in [6, 6.07) is 11.1. The molecule has 0 bridgehead atoms. The Hall–Kier alpha value is -3.88. The van der Waals surface area contributed by atoms with Gasteiger partial charge in [-0.3, -0.25) is 19.2 Å². The molecule has 4 saturated heterocycles. The Morgan fingerprint density at radius 3 is 2.00 bits per heavy atom. The van der Waals surface area contributed by atoms with Gasteiger partial charge in [-0.05, 0) is 73.1 Å². The Morgan fingerprint density at radius 1 is 0.725 bits per heavy atom. The summed E-state index contributed by atoms with van der Waals surface area (Å²) >= 11 is 0. The van der Waals surface area contributed by atoms with Gasteiger partial charge in [-0.1, -0.05) is 38.1 Å². The smallest absolute Gasteiger partial charge is 0.247 e. The van der Waals surface area contributed by atoms with Crippen LogP contribution in [-0.4, -0.2) is 69.8 Å². The summed E-state index contributed by atoms with van der Waals surface area (Å²) in [5.41, 5.74) is 6.06. The molecule has 2 aromatic rings. The second-order valence-corrected chi connectivity index (χ2v) is 13.1. The van der Waals surface area contributed by atoms with E-state index in [0.29, 0.717) is 12.8 Å². The second kappa shape index (κ2) is 7.44. The minimum atomic E-state index is -0.524. The molecular weight excluding hydrogens is 506 g/mol.